The summed E-state index contributed by atoms with van der Waals surface area (Å²) in [4.78, 5) is 0. The summed E-state index contributed by atoms with van der Waals surface area (Å²) in [6, 6.07) is 3.71. The zero-order valence-electron chi connectivity index (χ0n) is 7.29. The van der Waals surface area contributed by atoms with E-state index in [9.17, 15) is 5.21 Å². The molecule has 1 aromatic rings. The fourth-order valence-corrected chi connectivity index (χ4v) is 1.31. The van der Waals surface area contributed by atoms with Gasteiger partial charge in [0, 0.05) is 16.4 Å². The summed E-state index contributed by atoms with van der Waals surface area (Å²) < 4.78 is 0.944. The number of pyridine rings is 1. The van der Waals surface area contributed by atoms with Crippen LogP contribution in [-0.4, -0.2) is 5.21 Å². The third-order valence-corrected chi connectivity index (χ3v) is 2.03. The van der Waals surface area contributed by atoms with Gasteiger partial charge in [-0.1, -0.05) is 13.8 Å². The molecule has 2 nitrogen and oxygen atoms in total. The molecule has 0 bridgehead atoms. The van der Waals surface area contributed by atoms with Gasteiger partial charge in [0.15, 0.2) is 0 Å². The quantitative estimate of drug-likeness (QED) is 0.427. The Labute approximate surface area is 77.4 Å². The predicted molar refractivity (Wildman–Crippen MR) is 47.4 cm³/mol. The number of rotatable bonds is 2. The molecule has 0 saturated heterocycles. The summed E-state index contributed by atoms with van der Waals surface area (Å²) in [6.45, 7) is 4.23. The Balaban J connectivity index is 2.92. The summed E-state index contributed by atoms with van der Waals surface area (Å²) in [7, 11) is 0. The highest BCUT2D eigenvalue weighted by Crippen LogP contribution is 2.14. The molecule has 12 heavy (non-hydrogen) atoms. The molecule has 1 N–H and O–H groups in total. The van der Waals surface area contributed by atoms with Crippen LogP contribution in [0.15, 0.2) is 18.3 Å². The maximum atomic E-state index is 9.20. The molecule has 0 atom stereocenters. The molecule has 1 heterocycles. The SMILES string of the molecule is CC(C)Cc1ccc[n+](O)c1Cl. The Morgan fingerprint density at radius 1 is 1.58 bits per heavy atom. The molecule has 1 aromatic heterocycles. The number of hydrogen-bond acceptors (Lipinski definition) is 1. The van der Waals surface area contributed by atoms with Crippen molar-refractivity contribution < 1.29 is 9.94 Å². The van der Waals surface area contributed by atoms with Crippen LogP contribution in [-0.2, 0) is 6.42 Å². The van der Waals surface area contributed by atoms with Gasteiger partial charge in [0.1, 0.15) is 0 Å². The van der Waals surface area contributed by atoms with E-state index in [0.717, 1.165) is 16.7 Å². The highest BCUT2D eigenvalue weighted by molar-refractivity contribution is 6.29. The molecule has 0 amide bonds. The van der Waals surface area contributed by atoms with E-state index in [4.69, 9.17) is 11.6 Å². The Morgan fingerprint density at radius 3 is 2.83 bits per heavy atom. The highest BCUT2D eigenvalue weighted by Gasteiger charge is 2.13. The summed E-state index contributed by atoms with van der Waals surface area (Å²) in [5.41, 5.74) is 0.983. The van der Waals surface area contributed by atoms with Crippen LogP contribution in [0, 0.1) is 5.92 Å². The van der Waals surface area contributed by atoms with Gasteiger partial charge in [0.05, 0.1) is 0 Å². The van der Waals surface area contributed by atoms with Gasteiger partial charge >= 0.3 is 5.15 Å². The normalized spacial score (nSPS) is 10.7. The lowest BCUT2D eigenvalue weighted by Crippen LogP contribution is -2.31. The molecule has 0 unspecified atom stereocenters. The van der Waals surface area contributed by atoms with Gasteiger partial charge in [-0.2, -0.15) is 0 Å². The topological polar surface area (TPSA) is 24.1 Å². The van der Waals surface area contributed by atoms with E-state index < -0.39 is 0 Å². The first-order valence-corrected chi connectivity index (χ1v) is 4.37. The third-order valence-electron chi connectivity index (χ3n) is 1.62. The molecular weight excluding hydrogens is 174 g/mol. The summed E-state index contributed by atoms with van der Waals surface area (Å²) in [5.74, 6) is 0.546. The van der Waals surface area contributed by atoms with Crippen LogP contribution in [0.2, 0.25) is 5.15 Å². The number of hydrogen-bond donors (Lipinski definition) is 1. The van der Waals surface area contributed by atoms with Crippen LogP contribution in [0.1, 0.15) is 19.4 Å². The van der Waals surface area contributed by atoms with Crippen molar-refractivity contribution in [1.82, 2.24) is 0 Å². The van der Waals surface area contributed by atoms with E-state index in [1.807, 2.05) is 6.07 Å². The summed E-state index contributed by atoms with van der Waals surface area (Å²) >= 11 is 5.85. The predicted octanol–water partition coefficient (Wildman–Crippen LogP) is 2.06. The second-order valence-electron chi connectivity index (χ2n) is 3.27. The molecule has 0 spiro atoms. The first-order chi connectivity index (χ1) is 5.61. The number of aromatic nitrogens is 1. The molecule has 66 valence electrons. The molecule has 3 heteroatoms. The minimum absolute atomic E-state index is 0.409. The van der Waals surface area contributed by atoms with E-state index in [-0.39, 0.29) is 0 Å². The van der Waals surface area contributed by atoms with Crippen LogP contribution in [0.5, 0.6) is 0 Å². The molecule has 0 saturated carbocycles. The molecule has 0 aliphatic heterocycles. The van der Waals surface area contributed by atoms with Gasteiger partial charge in [0.2, 0.25) is 6.20 Å². The average Bonchev–Trinajstić information content (AvgIpc) is 1.98. The van der Waals surface area contributed by atoms with Gasteiger partial charge in [-0.3, -0.25) is 5.21 Å². The fourth-order valence-electron chi connectivity index (χ4n) is 1.11. The molecule has 1 rings (SSSR count). The van der Waals surface area contributed by atoms with Crippen molar-refractivity contribution in [3.63, 3.8) is 0 Å². The van der Waals surface area contributed by atoms with Gasteiger partial charge in [-0.25, -0.2) is 0 Å². The largest absolute Gasteiger partial charge is 0.328 e. The van der Waals surface area contributed by atoms with Crippen molar-refractivity contribution in [1.29, 1.82) is 0 Å². The van der Waals surface area contributed by atoms with E-state index in [2.05, 4.69) is 13.8 Å². The summed E-state index contributed by atoms with van der Waals surface area (Å²) in [5, 5.41) is 9.61. The third kappa shape index (κ3) is 2.11. The van der Waals surface area contributed by atoms with Gasteiger partial charge < -0.3 is 0 Å². The second-order valence-corrected chi connectivity index (χ2v) is 3.62. The Morgan fingerprint density at radius 2 is 2.25 bits per heavy atom. The summed E-state index contributed by atoms with van der Waals surface area (Å²) in [6.07, 6.45) is 2.41. The van der Waals surface area contributed by atoms with Crippen LogP contribution >= 0.6 is 11.6 Å². The van der Waals surface area contributed by atoms with Crippen molar-refractivity contribution in [2.24, 2.45) is 5.92 Å². The maximum Gasteiger partial charge on any atom is 0.328 e. The Hall–Kier alpha value is -0.760. The highest BCUT2D eigenvalue weighted by atomic mass is 35.5. The first-order valence-electron chi connectivity index (χ1n) is 3.99. The fraction of sp³-hybridized carbons (Fsp3) is 0.444. The number of halogens is 1. The van der Waals surface area contributed by atoms with Crippen LogP contribution in [0.25, 0.3) is 0 Å². The molecule has 0 fully saturated rings. The molecule has 0 radical (unpaired) electrons. The molecular formula is C9H13ClNO+. The van der Waals surface area contributed by atoms with E-state index in [1.165, 1.54) is 6.20 Å². The zero-order valence-corrected chi connectivity index (χ0v) is 8.04. The van der Waals surface area contributed by atoms with Gasteiger partial charge in [-0.05, 0) is 30.0 Å². The van der Waals surface area contributed by atoms with E-state index in [0.29, 0.717) is 11.1 Å². The van der Waals surface area contributed by atoms with Gasteiger partial charge in [0.25, 0.3) is 0 Å². The average molecular weight is 187 g/mol. The zero-order chi connectivity index (χ0) is 9.14. The monoisotopic (exact) mass is 186 g/mol. The lowest BCUT2D eigenvalue weighted by molar-refractivity contribution is -0.903. The van der Waals surface area contributed by atoms with Crippen molar-refractivity contribution in [3.8, 4) is 0 Å². The lowest BCUT2D eigenvalue weighted by Gasteiger charge is -2.02. The first kappa shape index (κ1) is 9.33. The standard InChI is InChI=1S/C9H13ClNO/c1-7(2)6-8-4-3-5-11(12)9(8)10/h3-5,7,12H,6H2,1-2H3/q+1. The lowest BCUT2D eigenvalue weighted by atomic mass is 10.1. The van der Waals surface area contributed by atoms with Crippen molar-refractivity contribution in [2.45, 2.75) is 20.3 Å². The van der Waals surface area contributed by atoms with Crippen molar-refractivity contribution in [3.05, 3.63) is 29.0 Å². The molecule has 0 aliphatic carbocycles. The van der Waals surface area contributed by atoms with Crippen molar-refractivity contribution >= 4 is 11.6 Å². The van der Waals surface area contributed by atoms with Crippen molar-refractivity contribution in [2.75, 3.05) is 0 Å². The number of nitrogens with zero attached hydrogens (tertiary/aromatic N) is 1. The second kappa shape index (κ2) is 3.76. The van der Waals surface area contributed by atoms with Crippen LogP contribution in [0.3, 0.4) is 0 Å². The minimum Gasteiger partial charge on any atom is -0.284 e. The van der Waals surface area contributed by atoms with Gasteiger partial charge in [-0.15, -0.1) is 0 Å². The maximum absolute atomic E-state index is 9.20. The van der Waals surface area contributed by atoms with E-state index in [1.54, 1.807) is 6.07 Å². The van der Waals surface area contributed by atoms with Crippen LogP contribution in [0.4, 0.5) is 0 Å². The molecule has 0 aliphatic rings. The minimum atomic E-state index is 0.409. The molecule has 0 aromatic carbocycles. The smallest absolute Gasteiger partial charge is 0.284 e. The van der Waals surface area contributed by atoms with Crippen LogP contribution < -0.4 is 4.73 Å². The van der Waals surface area contributed by atoms with E-state index >= 15 is 0 Å². The Kier molecular flexibility index (Phi) is 2.93. The Bertz CT molecular complexity index is 273.